The first-order valence-electron chi connectivity index (χ1n) is 10.7. The van der Waals surface area contributed by atoms with Crippen LogP contribution in [-0.2, 0) is 15.9 Å². The predicted octanol–water partition coefficient (Wildman–Crippen LogP) is 4.73. The molecular weight excluding hydrogens is 432 g/mol. The second-order valence-corrected chi connectivity index (χ2v) is 7.41. The summed E-state index contributed by atoms with van der Waals surface area (Å²) in [7, 11) is 2.52. The number of carbonyl (C=O) groups excluding carboxylic acids is 2. The molecule has 0 unspecified atom stereocenters. The van der Waals surface area contributed by atoms with Crippen LogP contribution in [-0.4, -0.2) is 42.5 Å². The Kier molecular flexibility index (Phi) is 7.03. The monoisotopic (exact) mass is 456 g/mol. The van der Waals surface area contributed by atoms with Gasteiger partial charge in [-0.15, -0.1) is 0 Å². The Morgan fingerprint density at radius 1 is 0.794 bits per heavy atom. The summed E-state index contributed by atoms with van der Waals surface area (Å²) < 4.78 is 17.2. The molecule has 0 bridgehead atoms. The molecule has 0 N–H and O–H groups in total. The van der Waals surface area contributed by atoms with E-state index >= 15 is 0 Å². The number of ether oxygens (including phenoxy) is 3. The van der Waals surface area contributed by atoms with Crippen molar-refractivity contribution in [2.45, 2.75) is 6.42 Å². The smallest absolute Gasteiger partial charge is 0.357 e. The Morgan fingerprint density at radius 3 is 2.03 bits per heavy atom. The van der Waals surface area contributed by atoms with Crippen molar-refractivity contribution in [2.75, 3.05) is 20.8 Å². The normalized spacial score (nSPS) is 10.5. The van der Waals surface area contributed by atoms with Crippen LogP contribution in [0.4, 0.5) is 0 Å². The number of rotatable bonds is 8. The Hall–Kier alpha value is -4.39. The summed E-state index contributed by atoms with van der Waals surface area (Å²) in [4.78, 5) is 25.4. The van der Waals surface area contributed by atoms with Crippen molar-refractivity contribution in [3.05, 3.63) is 102 Å². The number of hydrogen-bond donors (Lipinski definition) is 0. The molecule has 0 aliphatic heterocycles. The van der Waals surface area contributed by atoms with Gasteiger partial charge in [-0.25, -0.2) is 14.3 Å². The molecule has 4 aromatic rings. The van der Waals surface area contributed by atoms with Crippen LogP contribution >= 0.6 is 0 Å². The maximum atomic E-state index is 12.7. The summed E-state index contributed by atoms with van der Waals surface area (Å²) in [6.45, 7) is 0.534. The minimum atomic E-state index is -0.691. The SMILES string of the molecule is COC(=O)c1c(-c2ccc(OCCc3ccccc3)cc2)nn(-c2ccccc2)c1C(=O)OC. The molecule has 34 heavy (non-hydrogen) atoms. The Balaban J connectivity index is 1.67. The van der Waals surface area contributed by atoms with Crippen molar-refractivity contribution in [2.24, 2.45) is 0 Å². The van der Waals surface area contributed by atoms with Gasteiger partial charge in [0.15, 0.2) is 5.69 Å². The van der Waals surface area contributed by atoms with E-state index in [1.54, 1.807) is 36.4 Å². The summed E-state index contributed by atoms with van der Waals surface area (Å²) >= 11 is 0. The van der Waals surface area contributed by atoms with Crippen LogP contribution < -0.4 is 4.74 Å². The summed E-state index contributed by atoms with van der Waals surface area (Å²) in [5.41, 5.74) is 2.79. The fraction of sp³-hybridized carbons (Fsp3) is 0.148. The van der Waals surface area contributed by atoms with E-state index in [1.807, 2.05) is 36.4 Å². The maximum absolute atomic E-state index is 12.7. The van der Waals surface area contributed by atoms with Gasteiger partial charge in [0.1, 0.15) is 17.0 Å². The van der Waals surface area contributed by atoms with E-state index in [2.05, 4.69) is 17.2 Å². The molecule has 0 radical (unpaired) electrons. The Morgan fingerprint density at radius 2 is 1.41 bits per heavy atom. The molecule has 1 heterocycles. The molecule has 0 spiro atoms. The van der Waals surface area contributed by atoms with Crippen LogP contribution in [0.2, 0.25) is 0 Å². The summed E-state index contributed by atoms with van der Waals surface area (Å²) in [5, 5.41) is 4.59. The van der Waals surface area contributed by atoms with Gasteiger partial charge >= 0.3 is 11.9 Å². The molecule has 0 amide bonds. The molecule has 0 fully saturated rings. The lowest BCUT2D eigenvalue weighted by atomic mass is 10.1. The van der Waals surface area contributed by atoms with Crippen molar-refractivity contribution in [1.82, 2.24) is 9.78 Å². The fourth-order valence-corrected chi connectivity index (χ4v) is 3.60. The van der Waals surface area contributed by atoms with Gasteiger partial charge in [0.2, 0.25) is 0 Å². The van der Waals surface area contributed by atoms with E-state index in [0.717, 1.165) is 6.42 Å². The largest absolute Gasteiger partial charge is 0.493 e. The molecule has 0 atom stereocenters. The average Bonchev–Trinajstić information content (AvgIpc) is 3.30. The number of carbonyl (C=O) groups is 2. The second-order valence-electron chi connectivity index (χ2n) is 7.41. The van der Waals surface area contributed by atoms with Gasteiger partial charge in [-0.2, -0.15) is 5.10 Å². The van der Waals surface area contributed by atoms with Gasteiger partial charge < -0.3 is 14.2 Å². The van der Waals surface area contributed by atoms with Crippen molar-refractivity contribution < 1.29 is 23.8 Å². The minimum absolute atomic E-state index is 0.00117. The van der Waals surface area contributed by atoms with Crippen molar-refractivity contribution in [3.8, 4) is 22.7 Å². The molecule has 7 heteroatoms. The number of esters is 2. The Bertz CT molecular complexity index is 1270. The summed E-state index contributed by atoms with van der Waals surface area (Å²) in [6, 6.07) is 26.4. The molecule has 4 rings (SSSR count). The van der Waals surface area contributed by atoms with E-state index in [0.29, 0.717) is 29.3 Å². The molecule has 3 aromatic carbocycles. The van der Waals surface area contributed by atoms with Crippen LogP contribution in [0.1, 0.15) is 26.4 Å². The molecule has 0 aliphatic carbocycles. The average molecular weight is 456 g/mol. The first-order chi connectivity index (χ1) is 16.6. The molecule has 7 nitrogen and oxygen atoms in total. The topological polar surface area (TPSA) is 79.7 Å². The fourth-order valence-electron chi connectivity index (χ4n) is 3.60. The van der Waals surface area contributed by atoms with E-state index in [4.69, 9.17) is 14.2 Å². The minimum Gasteiger partial charge on any atom is -0.493 e. The van der Waals surface area contributed by atoms with Gasteiger partial charge in [0, 0.05) is 12.0 Å². The zero-order valence-corrected chi connectivity index (χ0v) is 18.9. The molecule has 0 saturated carbocycles. The van der Waals surface area contributed by atoms with Crippen molar-refractivity contribution >= 4 is 11.9 Å². The van der Waals surface area contributed by atoms with Gasteiger partial charge in [-0.05, 0) is 42.0 Å². The van der Waals surface area contributed by atoms with Gasteiger partial charge in [0.05, 0.1) is 26.5 Å². The number of benzene rings is 3. The van der Waals surface area contributed by atoms with Crippen LogP contribution in [0.5, 0.6) is 5.75 Å². The first kappa shape index (κ1) is 22.8. The number of methoxy groups -OCH3 is 2. The molecule has 0 aliphatic rings. The van der Waals surface area contributed by atoms with Crippen molar-refractivity contribution in [3.63, 3.8) is 0 Å². The standard InChI is InChI=1S/C27H24N2O5/c1-32-26(30)23-24(28-29(25(23)27(31)33-2)21-11-7-4-8-12-21)20-13-15-22(16-14-20)34-18-17-19-9-5-3-6-10-19/h3-16H,17-18H2,1-2H3. The maximum Gasteiger partial charge on any atom is 0.357 e. The highest BCUT2D eigenvalue weighted by Crippen LogP contribution is 2.30. The van der Waals surface area contributed by atoms with E-state index < -0.39 is 11.9 Å². The van der Waals surface area contributed by atoms with Gasteiger partial charge in [-0.3, -0.25) is 0 Å². The third-order valence-electron chi connectivity index (χ3n) is 5.28. The van der Waals surface area contributed by atoms with Gasteiger partial charge in [-0.1, -0.05) is 48.5 Å². The third-order valence-corrected chi connectivity index (χ3v) is 5.28. The van der Waals surface area contributed by atoms with E-state index in [9.17, 15) is 9.59 Å². The second kappa shape index (κ2) is 10.5. The Labute approximate surface area is 197 Å². The zero-order valence-electron chi connectivity index (χ0n) is 18.9. The lowest BCUT2D eigenvalue weighted by Gasteiger charge is -2.08. The summed E-state index contributed by atoms with van der Waals surface area (Å²) in [6.07, 6.45) is 0.791. The quantitative estimate of drug-likeness (QED) is 0.357. The predicted molar refractivity (Wildman–Crippen MR) is 127 cm³/mol. The van der Waals surface area contributed by atoms with Crippen LogP contribution in [0.15, 0.2) is 84.9 Å². The van der Waals surface area contributed by atoms with Gasteiger partial charge in [0.25, 0.3) is 0 Å². The molecule has 1 aromatic heterocycles. The number of nitrogens with zero attached hydrogens (tertiary/aromatic N) is 2. The first-order valence-corrected chi connectivity index (χ1v) is 10.7. The highest BCUT2D eigenvalue weighted by molar-refractivity contribution is 6.06. The highest BCUT2D eigenvalue weighted by Gasteiger charge is 2.31. The van der Waals surface area contributed by atoms with Crippen LogP contribution in [0.25, 0.3) is 16.9 Å². The zero-order chi connectivity index (χ0) is 23.9. The third kappa shape index (κ3) is 4.83. The number of aromatic nitrogens is 2. The lowest BCUT2D eigenvalue weighted by Crippen LogP contribution is -2.15. The van der Waals surface area contributed by atoms with E-state index in [1.165, 1.54) is 24.5 Å². The molecule has 172 valence electrons. The van der Waals surface area contributed by atoms with Crippen LogP contribution in [0, 0.1) is 0 Å². The van der Waals surface area contributed by atoms with E-state index in [-0.39, 0.29) is 11.3 Å². The highest BCUT2D eigenvalue weighted by atomic mass is 16.5. The summed E-state index contributed by atoms with van der Waals surface area (Å²) in [5.74, 6) is -0.681. The number of para-hydroxylation sites is 1. The van der Waals surface area contributed by atoms with Crippen molar-refractivity contribution in [1.29, 1.82) is 0 Å². The lowest BCUT2D eigenvalue weighted by molar-refractivity contribution is 0.0549. The molecule has 0 saturated heterocycles. The molecular formula is C27H24N2O5. The van der Waals surface area contributed by atoms with Crippen LogP contribution in [0.3, 0.4) is 0 Å². The number of hydrogen-bond acceptors (Lipinski definition) is 6.